The number of pyridine rings is 1. The number of aryl methyl sites for hydroxylation is 2. The number of fused-ring (bicyclic) bond motifs is 3. The molecule has 4 rings (SSSR count). The predicted octanol–water partition coefficient (Wildman–Crippen LogP) is 3.90. The molecule has 0 amide bonds. The SMILES string of the molecule is COc1ccc2nc(OCc3c(F)ccc(F)c3F)c3c(C)nc(C)n3c2n1. The lowest BCUT2D eigenvalue weighted by atomic mass is 10.2. The van der Waals surface area contributed by atoms with E-state index in [1.165, 1.54) is 7.11 Å². The van der Waals surface area contributed by atoms with Crippen molar-refractivity contribution in [3.63, 3.8) is 0 Å². The molecule has 28 heavy (non-hydrogen) atoms. The molecule has 0 radical (unpaired) electrons. The van der Waals surface area contributed by atoms with Gasteiger partial charge in [-0.2, -0.15) is 4.98 Å². The summed E-state index contributed by atoms with van der Waals surface area (Å²) in [6.45, 7) is 3.01. The molecule has 144 valence electrons. The lowest BCUT2D eigenvalue weighted by Crippen LogP contribution is -2.07. The van der Waals surface area contributed by atoms with Crippen LogP contribution in [-0.4, -0.2) is 26.5 Å². The van der Waals surface area contributed by atoms with Gasteiger partial charge in [-0.1, -0.05) is 0 Å². The highest BCUT2D eigenvalue weighted by atomic mass is 19.2. The largest absolute Gasteiger partial charge is 0.481 e. The van der Waals surface area contributed by atoms with Gasteiger partial charge in [-0.3, -0.25) is 4.40 Å². The van der Waals surface area contributed by atoms with Crippen molar-refractivity contribution in [2.75, 3.05) is 7.11 Å². The maximum atomic E-state index is 13.9. The Hall–Kier alpha value is -3.36. The third-order valence-corrected chi connectivity index (χ3v) is 4.39. The molecule has 0 spiro atoms. The van der Waals surface area contributed by atoms with Crippen molar-refractivity contribution < 1.29 is 22.6 Å². The Morgan fingerprint density at radius 3 is 2.46 bits per heavy atom. The summed E-state index contributed by atoms with van der Waals surface area (Å²) in [5.74, 6) is -2.19. The molecule has 3 heterocycles. The number of imidazole rings is 1. The maximum absolute atomic E-state index is 13.9. The molecule has 0 aliphatic rings. The zero-order chi connectivity index (χ0) is 20.0. The van der Waals surface area contributed by atoms with Gasteiger partial charge in [0.05, 0.1) is 18.4 Å². The fraction of sp³-hybridized carbons (Fsp3) is 0.211. The highest BCUT2D eigenvalue weighted by molar-refractivity contribution is 5.79. The Labute approximate surface area is 157 Å². The van der Waals surface area contributed by atoms with Crippen molar-refractivity contribution in [2.45, 2.75) is 20.5 Å². The Morgan fingerprint density at radius 2 is 1.71 bits per heavy atom. The summed E-state index contributed by atoms with van der Waals surface area (Å²) in [6, 6.07) is 4.90. The second-order valence-electron chi connectivity index (χ2n) is 6.15. The van der Waals surface area contributed by atoms with E-state index < -0.39 is 29.6 Å². The van der Waals surface area contributed by atoms with E-state index in [2.05, 4.69) is 15.0 Å². The monoisotopic (exact) mass is 388 g/mol. The number of halogens is 3. The fourth-order valence-corrected chi connectivity index (χ4v) is 3.07. The van der Waals surface area contributed by atoms with Gasteiger partial charge in [0.25, 0.3) is 0 Å². The molecule has 0 bridgehead atoms. The molecule has 0 atom stereocenters. The lowest BCUT2D eigenvalue weighted by Gasteiger charge is -2.12. The van der Waals surface area contributed by atoms with Crippen LogP contribution < -0.4 is 9.47 Å². The quantitative estimate of drug-likeness (QED) is 0.496. The van der Waals surface area contributed by atoms with Crippen LogP contribution in [0.25, 0.3) is 16.7 Å². The van der Waals surface area contributed by atoms with Crippen molar-refractivity contribution in [2.24, 2.45) is 0 Å². The molecule has 3 aromatic heterocycles. The predicted molar refractivity (Wildman–Crippen MR) is 95.0 cm³/mol. The molecule has 0 unspecified atom stereocenters. The number of methoxy groups -OCH3 is 1. The number of rotatable bonds is 4. The van der Waals surface area contributed by atoms with E-state index >= 15 is 0 Å². The third kappa shape index (κ3) is 2.79. The number of aromatic nitrogens is 4. The van der Waals surface area contributed by atoms with Gasteiger partial charge in [-0.05, 0) is 32.0 Å². The summed E-state index contributed by atoms with van der Waals surface area (Å²) in [4.78, 5) is 13.2. The van der Waals surface area contributed by atoms with Crippen molar-refractivity contribution >= 4 is 16.7 Å². The van der Waals surface area contributed by atoms with Crippen LogP contribution in [0.4, 0.5) is 13.2 Å². The molecular weight excluding hydrogens is 373 g/mol. The van der Waals surface area contributed by atoms with Gasteiger partial charge in [0.1, 0.15) is 29.3 Å². The van der Waals surface area contributed by atoms with E-state index in [9.17, 15) is 13.2 Å². The molecule has 1 aromatic carbocycles. The molecule has 9 heteroatoms. The smallest absolute Gasteiger partial charge is 0.241 e. The van der Waals surface area contributed by atoms with E-state index in [1.807, 2.05) is 0 Å². The van der Waals surface area contributed by atoms with Crippen LogP contribution >= 0.6 is 0 Å². The van der Waals surface area contributed by atoms with Crippen LogP contribution in [0.5, 0.6) is 11.8 Å². The van der Waals surface area contributed by atoms with Crippen LogP contribution in [0, 0.1) is 31.3 Å². The van der Waals surface area contributed by atoms with Crippen molar-refractivity contribution in [3.8, 4) is 11.8 Å². The second kappa shape index (κ2) is 6.66. The normalized spacial score (nSPS) is 11.4. The van der Waals surface area contributed by atoms with Gasteiger partial charge in [0.2, 0.25) is 11.8 Å². The zero-order valence-corrected chi connectivity index (χ0v) is 15.3. The Morgan fingerprint density at radius 1 is 0.964 bits per heavy atom. The van der Waals surface area contributed by atoms with E-state index in [0.29, 0.717) is 34.1 Å². The first-order valence-electron chi connectivity index (χ1n) is 8.36. The lowest BCUT2D eigenvalue weighted by molar-refractivity contribution is 0.282. The van der Waals surface area contributed by atoms with Gasteiger partial charge in [-0.25, -0.2) is 23.1 Å². The summed E-state index contributed by atoms with van der Waals surface area (Å²) >= 11 is 0. The number of ether oxygens (including phenoxy) is 2. The second-order valence-corrected chi connectivity index (χ2v) is 6.15. The van der Waals surface area contributed by atoms with Crippen LogP contribution in [0.1, 0.15) is 17.1 Å². The first-order valence-corrected chi connectivity index (χ1v) is 8.36. The fourth-order valence-electron chi connectivity index (χ4n) is 3.07. The molecule has 6 nitrogen and oxygen atoms in total. The molecule has 0 N–H and O–H groups in total. The summed E-state index contributed by atoms with van der Waals surface area (Å²) in [5, 5.41) is 0. The molecule has 0 saturated carbocycles. The molecule has 0 fully saturated rings. The summed E-state index contributed by atoms with van der Waals surface area (Å²) < 4.78 is 53.8. The summed E-state index contributed by atoms with van der Waals surface area (Å²) in [7, 11) is 1.50. The maximum Gasteiger partial charge on any atom is 0.241 e. The standard InChI is InChI=1S/C19H15F3N4O2/c1-9-17-19(28-8-11-12(20)4-5-13(21)16(11)22)24-14-6-7-15(27-3)25-18(14)26(17)10(2)23-9/h4-7H,8H2,1-3H3. The zero-order valence-electron chi connectivity index (χ0n) is 15.3. The van der Waals surface area contributed by atoms with Crippen molar-refractivity contribution in [1.82, 2.24) is 19.4 Å². The van der Waals surface area contributed by atoms with Gasteiger partial charge in [-0.15, -0.1) is 0 Å². The van der Waals surface area contributed by atoms with E-state index in [1.54, 1.807) is 30.4 Å². The van der Waals surface area contributed by atoms with Crippen molar-refractivity contribution in [3.05, 3.63) is 58.8 Å². The Bertz CT molecular complexity index is 1220. The molecule has 4 aromatic rings. The Kier molecular flexibility index (Phi) is 4.29. The molecule has 0 saturated heterocycles. The average Bonchev–Trinajstić information content (AvgIpc) is 2.99. The summed E-state index contributed by atoms with van der Waals surface area (Å²) in [5.41, 5.74) is 1.57. The van der Waals surface area contributed by atoms with Gasteiger partial charge in [0, 0.05) is 6.07 Å². The van der Waals surface area contributed by atoms with E-state index in [0.717, 1.165) is 12.1 Å². The van der Waals surface area contributed by atoms with Gasteiger partial charge in [0.15, 0.2) is 17.3 Å². The minimum absolute atomic E-state index is 0.112. The highest BCUT2D eigenvalue weighted by Crippen LogP contribution is 2.29. The number of benzene rings is 1. The topological polar surface area (TPSA) is 61.5 Å². The number of nitrogens with zero attached hydrogens (tertiary/aromatic N) is 4. The first-order chi connectivity index (χ1) is 13.4. The van der Waals surface area contributed by atoms with E-state index in [4.69, 9.17) is 9.47 Å². The van der Waals surface area contributed by atoms with E-state index in [-0.39, 0.29) is 5.88 Å². The molecule has 0 aliphatic heterocycles. The van der Waals surface area contributed by atoms with Crippen molar-refractivity contribution in [1.29, 1.82) is 0 Å². The first kappa shape index (κ1) is 18.0. The van der Waals surface area contributed by atoms with Crippen LogP contribution in [0.2, 0.25) is 0 Å². The van der Waals surface area contributed by atoms with Gasteiger partial charge >= 0.3 is 0 Å². The minimum Gasteiger partial charge on any atom is -0.481 e. The third-order valence-electron chi connectivity index (χ3n) is 4.39. The van der Waals surface area contributed by atoms with Crippen LogP contribution in [-0.2, 0) is 6.61 Å². The molecular formula is C19H15F3N4O2. The highest BCUT2D eigenvalue weighted by Gasteiger charge is 2.20. The van der Waals surface area contributed by atoms with Crippen LogP contribution in [0.15, 0.2) is 24.3 Å². The number of hydrogen-bond acceptors (Lipinski definition) is 5. The average molecular weight is 388 g/mol. The number of hydrogen-bond donors (Lipinski definition) is 0. The van der Waals surface area contributed by atoms with Gasteiger partial charge < -0.3 is 9.47 Å². The minimum atomic E-state index is -1.29. The van der Waals surface area contributed by atoms with Crippen LogP contribution in [0.3, 0.4) is 0 Å². The summed E-state index contributed by atoms with van der Waals surface area (Å²) in [6.07, 6.45) is 0. The Balaban J connectivity index is 1.86. The molecule has 0 aliphatic carbocycles.